The number of aryl methyl sites for hydroxylation is 1. The Labute approximate surface area is 101 Å². The number of rotatable bonds is 1. The van der Waals surface area contributed by atoms with Gasteiger partial charge in [-0.25, -0.2) is 0 Å². The highest BCUT2D eigenvalue weighted by atomic mass is 32.2. The Morgan fingerprint density at radius 2 is 1.88 bits per heavy atom. The Bertz CT molecular complexity index is 510. The molecular weight excluding hydrogens is 212 g/mol. The van der Waals surface area contributed by atoms with E-state index >= 15 is 0 Å². The van der Waals surface area contributed by atoms with Gasteiger partial charge in [0.1, 0.15) is 0 Å². The Hall–Kier alpha value is -0.950. The summed E-state index contributed by atoms with van der Waals surface area (Å²) in [5, 5.41) is 3.49. The first-order valence-electron chi connectivity index (χ1n) is 5.95. The predicted octanol–water partition coefficient (Wildman–Crippen LogP) is 4.72. The first-order chi connectivity index (χ1) is 7.83. The third-order valence-electron chi connectivity index (χ3n) is 3.32. The fourth-order valence-electron chi connectivity index (χ4n) is 2.42. The van der Waals surface area contributed by atoms with Crippen LogP contribution in [0.5, 0.6) is 0 Å². The second kappa shape index (κ2) is 4.14. The molecule has 1 aliphatic rings. The topological polar surface area (TPSA) is 0 Å². The molecule has 0 spiro atoms. The maximum Gasteiger partial charge on any atom is 0.0297 e. The van der Waals surface area contributed by atoms with Gasteiger partial charge in [-0.2, -0.15) is 11.8 Å². The van der Waals surface area contributed by atoms with Crippen LogP contribution in [0.25, 0.3) is 10.8 Å². The average Bonchev–Trinajstić information content (AvgIpc) is 2.82. The van der Waals surface area contributed by atoms with Gasteiger partial charge >= 0.3 is 0 Å². The van der Waals surface area contributed by atoms with Gasteiger partial charge in [0.05, 0.1) is 0 Å². The van der Waals surface area contributed by atoms with Gasteiger partial charge in [-0.15, -0.1) is 0 Å². The summed E-state index contributed by atoms with van der Waals surface area (Å²) >= 11 is 2.11. The van der Waals surface area contributed by atoms with E-state index in [1.807, 2.05) is 0 Å². The largest absolute Gasteiger partial charge is 0.154 e. The minimum absolute atomic E-state index is 0.741. The van der Waals surface area contributed by atoms with Gasteiger partial charge in [-0.3, -0.25) is 0 Å². The molecule has 1 unspecified atom stereocenters. The van der Waals surface area contributed by atoms with E-state index in [-0.39, 0.29) is 0 Å². The SMILES string of the molecule is Cc1ccc2cc(C3CCCS3)ccc2c1. The van der Waals surface area contributed by atoms with Gasteiger partial charge in [-0.05, 0) is 41.9 Å². The number of fused-ring (bicyclic) bond motifs is 1. The monoisotopic (exact) mass is 228 g/mol. The quantitative estimate of drug-likeness (QED) is 0.680. The highest BCUT2D eigenvalue weighted by Crippen LogP contribution is 2.40. The molecule has 0 radical (unpaired) electrons. The zero-order valence-electron chi connectivity index (χ0n) is 9.57. The lowest BCUT2D eigenvalue weighted by Gasteiger charge is -2.10. The van der Waals surface area contributed by atoms with Crippen LogP contribution in [0.2, 0.25) is 0 Å². The average molecular weight is 228 g/mol. The Morgan fingerprint density at radius 1 is 1.06 bits per heavy atom. The van der Waals surface area contributed by atoms with E-state index in [2.05, 4.69) is 55.1 Å². The second-order valence-electron chi connectivity index (χ2n) is 4.61. The molecule has 3 rings (SSSR count). The van der Waals surface area contributed by atoms with Gasteiger partial charge in [0, 0.05) is 5.25 Å². The summed E-state index contributed by atoms with van der Waals surface area (Å²) < 4.78 is 0. The fourth-order valence-corrected chi connectivity index (χ4v) is 3.71. The Morgan fingerprint density at radius 3 is 2.69 bits per heavy atom. The van der Waals surface area contributed by atoms with Crippen LogP contribution in [0, 0.1) is 6.92 Å². The zero-order valence-corrected chi connectivity index (χ0v) is 10.4. The lowest BCUT2D eigenvalue weighted by molar-refractivity contribution is 0.830. The van der Waals surface area contributed by atoms with Crippen LogP contribution in [0.4, 0.5) is 0 Å². The van der Waals surface area contributed by atoms with E-state index in [4.69, 9.17) is 0 Å². The summed E-state index contributed by atoms with van der Waals surface area (Å²) in [5.41, 5.74) is 2.86. The Kier molecular flexibility index (Phi) is 2.64. The van der Waals surface area contributed by atoms with Crippen LogP contribution in [-0.4, -0.2) is 5.75 Å². The molecular formula is C15H16S. The molecule has 2 aromatic rings. The molecule has 0 aliphatic carbocycles. The molecule has 82 valence electrons. The maximum atomic E-state index is 2.37. The van der Waals surface area contributed by atoms with Crippen LogP contribution in [0.1, 0.15) is 29.2 Å². The standard InChI is InChI=1S/C15H16S/c1-11-4-5-13-10-14(7-6-12(13)9-11)15-3-2-8-16-15/h4-7,9-10,15H,2-3,8H2,1H3. The van der Waals surface area contributed by atoms with Crippen LogP contribution >= 0.6 is 11.8 Å². The van der Waals surface area contributed by atoms with Gasteiger partial charge in [0.25, 0.3) is 0 Å². The molecule has 0 aromatic heterocycles. The van der Waals surface area contributed by atoms with E-state index in [0.717, 1.165) is 5.25 Å². The molecule has 0 N–H and O–H groups in total. The van der Waals surface area contributed by atoms with Gasteiger partial charge < -0.3 is 0 Å². The number of hydrogen-bond acceptors (Lipinski definition) is 1. The number of benzene rings is 2. The zero-order chi connectivity index (χ0) is 11.0. The summed E-state index contributed by atoms with van der Waals surface area (Å²) in [7, 11) is 0. The van der Waals surface area contributed by atoms with Crippen molar-refractivity contribution in [2.24, 2.45) is 0 Å². The normalized spacial score (nSPS) is 20.4. The fraction of sp³-hybridized carbons (Fsp3) is 0.333. The van der Waals surface area contributed by atoms with E-state index in [9.17, 15) is 0 Å². The second-order valence-corrected chi connectivity index (χ2v) is 5.92. The van der Waals surface area contributed by atoms with Gasteiger partial charge in [0.15, 0.2) is 0 Å². The van der Waals surface area contributed by atoms with Crippen LogP contribution in [0.3, 0.4) is 0 Å². The lowest BCUT2D eigenvalue weighted by atomic mass is 10.0. The van der Waals surface area contributed by atoms with Crippen molar-refractivity contribution < 1.29 is 0 Å². The third kappa shape index (κ3) is 1.84. The molecule has 1 heteroatoms. The lowest BCUT2D eigenvalue weighted by Crippen LogP contribution is -1.88. The highest BCUT2D eigenvalue weighted by Gasteiger charge is 2.17. The van der Waals surface area contributed by atoms with E-state index in [1.165, 1.54) is 40.5 Å². The molecule has 1 saturated heterocycles. The summed E-state index contributed by atoms with van der Waals surface area (Å²) in [6.07, 6.45) is 2.73. The molecule has 1 aliphatic heterocycles. The van der Waals surface area contributed by atoms with Gasteiger partial charge in [-0.1, -0.05) is 42.0 Å². The molecule has 0 saturated carbocycles. The molecule has 1 atom stereocenters. The summed E-state index contributed by atoms with van der Waals surface area (Å²) in [6, 6.07) is 13.7. The van der Waals surface area contributed by atoms with E-state index in [1.54, 1.807) is 0 Å². The smallest absolute Gasteiger partial charge is 0.0297 e. The van der Waals surface area contributed by atoms with Crippen molar-refractivity contribution in [3.8, 4) is 0 Å². The summed E-state index contributed by atoms with van der Waals surface area (Å²) in [4.78, 5) is 0. The van der Waals surface area contributed by atoms with Crippen LogP contribution in [0.15, 0.2) is 36.4 Å². The first kappa shape index (κ1) is 10.2. The Balaban J connectivity index is 2.05. The molecule has 1 fully saturated rings. The van der Waals surface area contributed by atoms with E-state index in [0.29, 0.717) is 0 Å². The van der Waals surface area contributed by atoms with E-state index < -0.39 is 0 Å². The minimum Gasteiger partial charge on any atom is -0.154 e. The highest BCUT2D eigenvalue weighted by molar-refractivity contribution is 7.99. The summed E-state index contributed by atoms with van der Waals surface area (Å²) in [5.74, 6) is 1.33. The van der Waals surface area contributed by atoms with Crippen LogP contribution < -0.4 is 0 Å². The molecule has 0 bridgehead atoms. The van der Waals surface area contributed by atoms with Gasteiger partial charge in [0.2, 0.25) is 0 Å². The molecule has 1 heterocycles. The van der Waals surface area contributed by atoms with Crippen molar-refractivity contribution in [2.45, 2.75) is 25.0 Å². The van der Waals surface area contributed by atoms with Crippen molar-refractivity contribution >= 4 is 22.5 Å². The first-order valence-corrected chi connectivity index (χ1v) is 7.00. The molecule has 0 amide bonds. The van der Waals surface area contributed by atoms with Crippen LogP contribution in [-0.2, 0) is 0 Å². The molecule has 16 heavy (non-hydrogen) atoms. The minimum atomic E-state index is 0.741. The maximum absolute atomic E-state index is 2.37. The van der Waals surface area contributed by atoms with Crippen molar-refractivity contribution in [1.82, 2.24) is 0 Å². The molecule has 2 aromatic carbocycles. The predicted molar refractivity (Wildman–Crippen MR) is 73.1 cm³/mol. The van der Waals surface area contributed by atoms with Crippen molar-refractivity contribution in [2.75, 3.05) is 5.75 Å². The van der Waals surface area contributed by atoms with Crippen molar-refractivity contribution in [3.63, 3.8) is 0 Å². The number of hydrogen-bond donors (Lipinski definition) is 0. The molecule has 0 nitrogen and oxygen atoms in total. The number of thioether (sulfide) groups is 1. The third-order valence-corrected chi connectivity index (χ3v) is 4.76. The van der Waals surface area contributed by atoms with Crippen molar-refractivity contribution in [1.29, 1.82) is 0 Å². The summed E-state index contributed by atoms with van der Waals surface area (Å²) in [6.45, 7) is 2.15. The van der Waals surface area contributed by atoms with Crippen molar-refractivity contribution in [3.05, 3.63) is 47.5 Å².